The highest BCUT2D eigenvalue weighted by Gasteiger charge is 2.35. The minimum atomic E-state index is -4.38. The van der Waals surface area contributed by atoms with Crippen LogP contribution in [0.1, 0.15) is 50.8 Å². The SMILES string of the molecule is CCCC1CCC(N)C(n2ccc(C(F)(F)F)n2)C1. The number of hydrogen-bond acceptors (Lipinski definition) is 2. The summed E-state index contributed by atoms with van der Waals surface area (Å²) in [4.78, 5) is 0. The number of nitrogens with two attached hydrogens (primary N) is 1. The zero-order chi connectivity index (χ0) is 14.0. The van der Waals surface area contributed by atoms with Crippen LogP contribution in [-0.2, 0) is 6.18 Å². The normalized spacial score (nSPS) is 28.6. The highest BCUT2D eigenvalue weighted by atomic mass is 19.4. The van der Waals surface area contributed by atoms with Crippen LogP contribution in [0.5, 0.6) is 0 Å². The molecule has 1 heterocycles. The fraction of sp³-hybridized carbons (Fsp3) is 0.769. The molecule has 1 aromatic heterocycles. The van der Waals surface area contributed by atoms with E-state index in [4.69, 9.17) is 5.73 Å². The molecule has 0 saturated heterocycles. The first-order valence-electron chi connectivity index (χ1n) is 6.79. The Kier molecular flexibility index (Phi) is 4.18. The van der Waals surface area contributed by atoms with Gasteiger partial charge in [0.25, 0.3) is 0 Å². The molecule has 1 fully saturated rings. The Labute approximate surface area is 111 Å². The van der Waals surface area contributed by atoms with Gasteiger partial charge in [-0.25, -0.2) is 0 Å². The van der Waals surface area contributed by atoms with Gasteiger partial charge in [0.2, 0.25) is 0 Å². The Balaban J connectivity index is 2.12. The summed E-state index contributed by atoms with van der Waals surface area (Å²) < 4.78 is 39.1. The first-order chi connectivity index (χ1) is 8.91. The summed E-state index contributed by atoms with van der Waals surface area (Å²) in [7, 11) is 0. The van der Waals surface area contributed by atoms with Gasteiger partial charge < -0.3 is 5.73 Å². The van der Waals surface area contributed by atoms with Crippen LogP contribution in [-0.4, -0.2) is 15.8 Å². The molecule has 1 saturated carbocycles. The van der Waals surface area contributed by atoms with Crippen LogP contribution in [0.25, 0.3) is 0 Å². The van der Waals surface area contributed by atoms with Gasteiger partial charge in [-0.05, 0) is 31.2 Å². The van der Waals surface area contributed by atoms with E-state index in [2.05, 4.69) is 12.0 Å². The fourth-order valence-electron chi connectivity index (χ4n) is 2.90. The lowest BCUT2D eigenvalue weighted by Gasteiger charge is -2.34. The molecule has 2 N–H and O–H groups in total. The molecule has 0 amide bonds. The number of alkyl halides is 3. The van der Waals surface area contributed by atoms with Crippen LogP contribution in [0.4, 0.5) is 13.2 Å². The van der Waals surface area contributed by atoms with Gasteiger partial charge in [-0.3, -0.25) is 4.68 Å². The van der Waals surface area contributed by atoms with Crippen LogP contribution < -0.4 is 5.73 Å². The number of rotatable bonds is 3. The summed E-state index contributed by atoms with van der Waals surface area (Å²) >= 11 is 0. The number of hydrogen-bond donors (Lipinski definition) is 1. The van der Waals surface area contributed by atoms with Crippen molar-refractivity contribution >= 4 is 0 Å². The summed E-state index contributed by atoms with van der Waals surface area (Å²) in [5.74, 6) is 0.549. The largest absolute Gasteiger partial charge is 0.435 e. The van der Waals surface area contributed by atoms with Crippen molar-refractivity contribution in [2.45, 2.75) is 57.3 Å². The maximum atomic E-state index is 12.6. The molecule has 3 atom stereocenters. The Morgan fingerprint density at radius 2 is 2.16 bits per heavy atom. The van der Waals surface area contributed by atoms with Gasteiger partial charge >= 0.3 is 6.18 Å². The average molecular weight is 275 g/mol. The third kappa shape index (κ3) is 3.29. The lowest BCUT2D eigenvalue weighted by molar-refractivity contribution is -0.141. The number of nitrogens with zero attached hydrogens (tertiary/aromatic N) is 2. The Morgan fingerprint density at radius 3 is 2.74 bits per heavy atom. The summed E-state index contributed by atoms with van der Waals surface area (Å²) in [5, 5.41) is 3.66. The molecule has 3 nitrogen and oxygen atoms in total. The molecule has 0 bridgehead atoms. The van der Waals surface area contributed by atoms with E-state index in [0.717, 1.165) is 38.2 Å². The molecule has 0 aromatic carbocycles. The molecule has 108 valence electrons. The van der Waals surface area contributed by atoms with Crippen molar-refractivity contribution in [3.05, 3.63) is 18.0 Å². The second-order valence-corrected chi connectivity index (χ2v) is 5.38. The van der Waals surface area contributed by atoms with E-state index in [-0.39, 0.29) is 12.1 Å². The van der Waals surface area contributed by atoms with E-state index in [1.54, 1.807) is 0 Å². The van der Waals surface area contributed by atoms with Crippen molar-refractivity contribution < 1.29 is 13.2 Å². The predicted octanol–water partition coefficient (Wildman–Crippen LogP) is 3.37. The number of halogens is 3. The monoisotopic (exact) mass is 275 g/mol. The third-order valence-electron chi connectivity index (χ3n) is 3.91. The summed E-state index contributed by atoms with van der Waals surface area (Å²) in [6.45, 7) is 2.12. The summed E-state index contributed by atoms with van der Waals surface area (Å²) in [5.41, 5.74) is 5.21. The topological polar surface area (TPSA) is 43.8 Å². The van der Waals surface area contributed by atoms with Crippen molar-refractivity contribution in [1.29, 1.82) is 0 Å². The molecule has 2 rings (SSSR count). The van der Waals surface area contributed by atoms with Gasteiger partial charge in [0.15, 0.2) is 5.69 Å². The first kappa shape index (κ1) is 14.4. The maximum absolute atomic E-state index is 12.6. The van der Waals surface area contributed by atoms with Crippen molar-refractivity contribution in [1.82, 2.24) is 9.78 Å². The van der Waals surface area contributed by atoms with Crippen molar-refractivity contribution in [2.24, 2.45) is 11.7 Å². The maximum Gasteiger partial charge on any atom is 0.435 e. The molecule has 6 heteroatoms. The van der Waals surface area contributed by atoms with Crippen LogP contribution in [0.3, 0.4) is 0 Å². The van der Waals surface area contributed by atoms with E-state index >= 15 is 0 Å². The van der Waals surface area contributed by atoms with Gasteiger partial charge in [-0.15, -0.1) is 0 Å². The van der Waals surface area contributed by atoms with Crippen LogP contribution >= 0.6 is 0 Å². The fourth-order valence-corrected chi connectivity index (χ4v) is 2.90. The lowest BCUT2D eigenvalue weighted by atomic mass is 9.80. The Morgan fingerprint density at radius 1 is 1.42 bits per heavy atom. The lowest BCUT2D eigenvalue weighted by Crippen LogP contribution is -2.38. The van der Waals surface area contributed by atoms with Crippen molar-refractivity contribution in [3.63, 3.8) is 0 Å². The molecule has 1 aromatic rings. The van der Waals surface area contributed by atoms with Gasteiger partial charge in [0.1, 0.15) is 0 Å². The van der Waals surface area contributed by atoms with Gasteiger partial charge in [0.05, 0.1) is 6.04 Å². The van der Waals surface area contributed by atoms with E-state index in [1.165, 1.54) is 10.9 Å². The zero-order valence-electron chi connectivity index (χ0n) is 11.0. The number of aromatic nitrogens is 2. The average Bonchev–Trinajstić information content (AvgIpc) is 2.81. The molecule has 1 aliphatic carbocycles. The molecule has 19 heavy (non-hydrogen) atoms. The quantitative estimate of drug-likeness (QED) is 0.919. The predicted molar refractivity (Wildman–Crippen MR) is 66.5 cm³/mol. The summed E-state index contributed by atoms with van der Waals surface area (Å²) in [6, 6.07) is 0.811. The third-order valence-corrected chi connectivity index (χ3v) is 3.91. The molecule has 0 aliphatic heterocycles. The zero-order valence-corrected chi connectivity index (χ0v) is 11.0. The molecule has 0 radical (unpaired) electrons. The van der Waals surface area contributed by atoms with E-state index in [1.807, 2.05) is 0 Å². The van der Waals surface area contributed by atoms with Crippen molar-refractivity contribution in [3.8, 4) is 0 Å². The Bertz CT molecular complexity index is 414. The van der Waals surface area contributed by atoms with E-state index in [9.17, 15) is 13.2 Å². The van der Waals surface area contributed by atoms with Crippen molar-refractivity contribution in [2.75, 3.05) is 0 Å². The highest BCUT2D eigenvalue weighted by molar-refractivity contribution is 5.05. The van der Waals surface area contributed by atoms with Gasteiger partial charge in [-0.1, -0.05) is 19.8 Å². The molecule has 3 unspecified atom stereocenters. The standard InChI is InChI=1S/C13H20F3N3/c1-2-3-9-4-5-10(17)11(8-9)19-7-6-12(18-19)13(14,15)16/h6-7,9-11H,2-5,8,17H2,1H3. The van der Waals surface area contributed by atoms with Crippen LogP contribution in [0.15, 0.2) is 12.3 Å². The molecular weight excluding hydrogens is 255 g/mol. The smallest absolute Gasteiger partial charge is 0.326 e. The Hall–Kier alpha value is -1.04. The van der Waals surface area contributed by atoms with Gasteiger partial charge in [-0.2, -0.15) is 18.3 Å². The second kappa shape index (κ2) is 5.53. The minimum Gasteiger partial charge on any atom is -0.326 e. The van der Waals surface area contributed by atoms with Crippen LogP contribution in [0.2, 0.25) is 0 Å². The summed E-state index contributed by atoms with van der Waals surface area (Å²) in [6.07, 6.45) is 1.98. The molecule has 0 spiro atoms. The first-order valence-corrected chi connectivity index (χ1v) is 6.79. The van der Waals surface area contributed by atoms with E-state index < -0.39 is 11.9 Å². The van der Waals surface area contributed by atoms with Crippen LogP contribution in [0, 0.1) is 5.92 Å². The highest BCUT2D eigenvalue weighted by Crippen LogP contribution is 2.35. The molecule has 1 aliphatic rings. The van der Waals surface area contributed by atoms with Gasteiger partial charge in [0, 0.05) is 12.2 Å². The minimum absolute atomic E-state index is 0.103. The molecular formula is C13H20F3N3. The van der Waals surface area contributed by atoms with E-state index in [0.29, 0.717) is 5.92 Å². The second-order valence-electron chi connectivity index (χ2n) is 5.38.